The van der Waals surface area contributed by atoms with Gasteiger partial charge in [-0.2, -0.15) is 0 Å². The minimum absolute atomic E-state index is 0. The zero-order chi connectivity index (χ0) is 19.8. The van der Waals surface area contributed by atoms with Gasteiger partial charge in [0.2, 0.25) is 0 Å². The zero-order valence-corrected chi connectivity index (χ0v) is 19.8. The Balaban J connectivity index is 0.00000300. The van der Waals surface area contributed by atoms with Gasteiger partial charge in [0.15, 0.2) is 0 Å². The monoisotopic (exact) mass is 514 g/mol. The second-order valence-electron chi connectivity index (χ2n) is 6.49. The number of hydrogen-bond acceptors (Lipinski definition) is 3. The van der Waals surface area contributed by atoms with Crippen molar-refractivity contribution in [1.82, 2.24) is 0 Å². The molecule has 3 aromatic rings. The van der Waals surface area contributed by atoms with Crippen LogP contribution in [0.15, 0.2) is 91.0 Å². The summed E-state index contributed by atoms with van der Waals surface area (Å²) < 4.78 is 8.57. The van der Waals surface area contributed by atoms with E-state index in [9.17, 15) is 9.59 Å². The van der Waals surface area contributed by atoms with Crippen molar-refractivity contribution in [1.29, 1.82) is 0 Å². The van der Waals surface area contributed by atoms with Crippen LogP contribution in [-0.4, -0.2) is 31.9 Å². The molecule has 0 aliphatic heterocycles. The van der Waals surface area contributed by atoms with Crippen molar-refractivity contribution in [3.63, 3.8) is 0 Å². The Labute approximate surface area is 185 Å². The van der Waals surface area contributed by atoms with Crippen LogP contribution in [0.1, 0.15) is 13.3 Å². The summed E-state index contributed by atoms with van der Waals surface area (Å²) >= 11 is -3.10. The molecule has 3 aromatic carbocycles. The van der Waals surface area contributed by atoms with Crippen LogP contribution in [0.3, 0.4) is 0 Å². The van der Waals surface area contributed by atoms with E-state index in [4.69, 9.17) is 4.74 Å². The number of benzene rings is 3. The van der Waals surface area contributed by atoms with Crippen LogP contribution in [0.2, 0.25) is 5.21 Å². The molecule has 0 N–H and O–H groups in total. The summed E-state index contributed by atoms with van der Waals surface area (Å²) in [5, 5.41) is 0.356. The molecule has 29 heavy (non-hydrogen) atoms. The molecule has 0 atom stereocenters. The predicted molar refractivity (Wildman–Crippen MR) is 115 cm³/mol. The van der Waals surface area contributed by atoms with Gasteiger partial charge in [0.1, 0.15) is 0 Å². The third kappa shape index (κ3) is 5.46. The van der Waals surface area contributed by atoms with Crippen LogP contribution in [0, 0.1) is 0 Å². The molecule has 5 heteroatoms. The van der Waals surface area contributed by atoms with Crippen molar-refractivity contribution >= 4 is 38.4 Å². The second-order valence-corrected chi connectivity index (χ2v) is 13.8. The number of carbonyl (C=O) groups excluding carboxylic acids is 2. The van der Waals surface area contributed by atoms with Crippen LogP contribution >= 0.6 is 0 Å². The Hall–Kier alpha value is -2.16. The SMILES string of the molecule is CCOC(=O)CC(=O)C[As+](c1ccccc1)(c1ccccc1)c1ccccc1.[Br-]. The van der Waals surface area contributed by atoms with E-state index in [0.29, 0.717) is 5.21 Å². The van der Waals surface area contributed by atoms with E-state index in [1.165, 1.54) is 13.1 Å². The van der Waals surface area contributed by atoms with Gasteiger partial charge in [-0.05, 0) is 0 Å². The Morgan fingerprint density at radius 2 is 1.10 bits per heavy atom. The van der Waals surface area contributed by atoms with Gasteiger partial charge in [0.25, 0.3) is 0 Å². The first-order valence-electron chi connectivity index (χ1n) is 9.39. The Kier molecular flexibility index (Phi) is 8.88. The standard InChI is InChI=1S/C24H24AsO3.BrH/c1-2-28-24(27)18-23(26)19-25(20-12-6-3-7-13-20,21-14-8-4-9-15-21)22-16-10-5-11-17-22;/h3-17H,2,18-19H2,1H3;1H/q+1;/p-1. The summed E-state index contributed by atoms with van der Waals surface area (Å²) in [6.45, 7) is 2.04. The van der Waals surface area contributed by atoms with E-state index in [0.717, 1.165) is 0 Å². The fourth-order valence-corrected chi connectivity index (χ4v) is 12.1. The van der Waals surface area contributed by atoms with Gasteiger partial charge in [0, 0.05) is 0 Å². The number of ether oxygens (including phenoxy) is 1. The maximum Gasteiger partial charge on any atom is -1.00 e. The molecule has 0 spiro atoms. The van der Waals surface area contributed by atoms with E-state index in [2.05, 4.69) is 36.4 Å². The predicted octanol–water partition coefficient (Wildman–Crippen LogP) is -0.317. The van der Waals surface area contributed by atoms with Crippen LogP contribution in [-0.2, 0) is 14.3 Å². The summed E-state index contributed by atoms with van der Waals surface area (Å²) in [4.78, 5) is 24.9. The molecular weight excluding hydrogens is 491 g/mol. The average molecular weight is 515 g/mol. The Bertz CT molecular complexity index is 818. The summed E-state index contributed by atoms with van der Waals surface area (Å²) in [5.74, 6) is -0.516. The van der Waals surface area contributed by atoms with Gasteiger partial charge in [-0.25, -0.2) is 0 Å². The summed E-state index contributed by atoms with van der Waals surface area (Å²) in [5.41, 5.74) is 0. The third-order valence-electron chi connectivity index (χ3n) is 4.65. The molecule has 0 bridgehead atoms. The van der Waals surface area contributed by atoms with E-state index >= 15 is 0 Å². The Morgan fingerprint density at radius 3 is 1.45 bits per heavy atom. The minimum atomic E-state index is -3.10. The van der Waals surface area contributed by atoms with Crippen LogP contribution < -0.4 is 30.0 Å². The van der Waals surface area contributed by atoms with Gasteiger partial charge < -0.3 is 17.0 Å². The summed E-state index contributed by atoms with van der Waals surface area (Å²) in [6.07, 6.45) is -0.177. The van der Waals surface area contributed by atoms with Crippen molar-refractivity contribution in [2.45, 2.75) is 18.6 Å². The third-order valence-corrected chi connectivity index (χ3v) is 13.8. The number of carbonyl (C=O) groups is 2. The molecule has 0 radical (unpaired) electrons. The van der Waals surface area contributed by atoms with E-state index in [1.54, 1.807) is 6.92 Å². The van der Waals surface area contributed by atoms with E-state index in [1.807, 2.05) is 54.6 Å². The van der Waals surface area contributed by atoms with Gasteiger partial charge >= 0.3 is 169 Å². The number of ketones is 1. The largest absolute Gasteiger partial charge is 1.00 e. The zero-order valence-electron chi connectivity index (χ0n) is 16.3. The van der Waals surface area contributed by atoms with Crippen LogP contribution in [0.5, 0.6) is 0 Å². The van der Waals surface area contributed by atoms with Crippen LogP contribution in [0.25, 0.3) is 0 Å². The number of halogens is 1. The maximum absolute atomic E-state index is 13.0. The van der Waals surface area contributed by atoms with Crippen molar-refractivity contribution in [2.24, 2.45) is 0 Å². The quantitative estimate of drug-likeness (QED) is 0.235. The molecule has 150 valence electrons. The first-order chi connectivity index (χ1) is 13.7. The molecule has 0 aromatic heterocycles. The van der Waals surface area contributed by atoms with E-state index in [-0.39, 0.29) is 35.8 Å². The van der Waals surface area contributed by atoms with Crippen molar-refractivity contribution in [2.75, 3.05) is 6.61 Å². The first kappa shape index (κ1) is 23.1. The van der Waals surface area contributed by atoms with E-state index < -0.39 is 19.5 Å². The number of esters is 1. The molecule has 0 amide bonds. The van der Waals surface area contributed by atoms with Gasteiger partial charge in [-0.3, -0.25) is 0 Å². The summed E-state index contributed by atoms with van der Waals surface area (Å²) in [7, 11) is 0. The van der Waals surface area contributed by atoms with Gasteiger partial charge in [-0.15, -0.1) is 0 Å². The topological polar surface area (TPSA) is 43.4 Å². The molecule has 0 fully saturated rings. The molecule has 0 heterocycles. The van der Waals surface area contributed by atoms with Crippen molar-refractivity contribution < 1.29 is 31.3 Å². The smallest absolute Gasteiger partial charge is 1.00 e. The number of Topliss-reactive ketones (excluding diaryl/α,β-unsaturated/α-hetero) is 1. The molecule has 0 aliphatic rings. The molecule has 0 saturated heterocycles. The molecule has 0 saturated carbocycles. The normalized spacial score (nSPS) is 10.7. The molecular formula is C24H24AsBrO3. The fraction of sp³-hybridized carbons (Fsp3) is 0.167. The van der Waals surface area contributed by atoms with Crippen molar-refractivity contribution in [3.05, 3.63) is 91.0 Å². The summed E-state index contributed by atoms with van der Waals surface area (Å²) in [6, 6.07) is 30.8. The first-order valence-corrected chi connectivity index (χ1v) is 13.5. The van der Waals surface area contributed by atoms with Gasteiger partial charge in [-0.1, -0.05) is 0 Å². The minimum Gasteiger partial charge on any atom is -1.00 e. The van der Waals surface area contributed by atoms with Crippen LogP contribution in [0.4, 0.5) is 0 Å². The van der Waals surface area contributed by atoms with Crippen molar-refractivity contribution in [3.8, 4) is 0 Å². The molecule has 0 aliphatic carbocycles. The second kappa shape index (κ2) is 11.1. The molecule has 0 unspecified atom stereocenters. The number of hydrogen-bond donors (Lipinski definition) is 0. The molecule has 3 nitrogen and oxygen atoms in total. The maximum atomic E-state index is 13.0. The van der Waals surface area contributed by atoms with Gasteiger partial charge in [0.05, 0.1) is 0 Å². The molecule has 3 rings (SSSR count). The number of rotatable bonds is 8. The average Bonchev–Trinajstić information content (AvgIpc) is 2.74. The fourth-order valence-electron chi connectivity index (χ4n) is 3.46. The Morgan fingerprint density at radius 1 is 0.724 bits per heavy atom.